The highest BCUT2D eigenvalue weighted by atomic mass is 79.9. The molecule has 3 rings (SSSR count). The molecule has 6 heteroatoms. The molecule has 0 saturated carbocycles. The molecule has 0 aromatic heterocycles. The normalized spacial score (nSPS) is 26.0. The largest absolute Gasteiger partial charge is 0.379 e. The molecule has 1 unspecified atom stereocenters. The summed E-state index contributed by atoms with van der Waals surface area (Å²) < 4.78 is 6.40. The van der Waals surface area contributed by atoms with Crippen LogP contribution in [0.3, 0.4) is 0 Å². The molecule has 2 heterocycles. The van der Waals surface area contributed by atoms with Crippen LogP contribution in [0.5, 0.6) is 0 Å². The van der Waals surface area contributed by atoms with E-state index in [9.17, 15) is 4.79 Å². The highest BCUT2D eigenvalue weighted by Gasteiger charge is 2.40. The lowest BCUT2D eigenvalue weighted by Gasteiger charge is -2.43. The lowest BCUT2D eigenvalue weighted by molar-refractivity contribution is -0.0129. The highest BCUT2D eigenvalue weighted by molar-refractivity contribution is 9.10. The second kappa shape index (κ2) is 7.34. The van der Waals surface area contributed by atoms with Gasteiger partial charge in [-0.05, 0) is 30.4 Å². The first kappa shape index (κ1) is 16.3. The van der Waals surface area contributed by atoms with E-state index in [1.165, 1.54) is 5.75 Å². The van der Waals surface area contributed by atoms with E-state index >= 15 is 0 Å². The van der Waals surface area contributed by atoms with Crippen LogP contribution in [0.15, 0.2) is 28.7 Å². The fourth-order valence-electron chi connectivity index (χ4n) is 3.11. The van der Waals surface area contributed by atoms with Crippen LogP contribution in [0.25, 0.3) is 0 Å². The predicted octanol–water partition coefficient (Wildman–Crippen LogP) is 2.39. The van der Waals surface area contributed by atoms with E-state index in [4.69, 9.17) is 4.74 Å². The van der Waals surface area contributed by atoms with Gasteiger partial charge in [-0.25, -0.2) is 0 Å². The van der Waals surface area contributed by atoms with Crippen molar-refractivity contribution >= 4 is 33.6 Å². The second-order valence-corrected chi connectivity index (χ2v) is 7.84. The minimum absolute atomic E-state index is 0.00540. The number of carbonyl (C=O) groups excluding carboxylic acids is 1. The fraction of sp³-hybridized carbons (Fsp3) is 0.562. The van der Waals surface area contributed by atoms with Gasteiger partial charge in [0.25, 0.3) is 5.91 Å². The van der Waals surface area contributed by atoms with Crippen molar-refractivity contribution in [2.75, 3.05) is 44.4 Å². The van der Waals surface area contributed by atoms with Crippen LogP contribution in [-0.4, -0.2) is 60.7 Å². The number of nitrogens with one attached hydrogen (secondary N) is 1. The molecule has 0 aliphatic carbocycles. The molecule has 0 spiro atoms. The molecule has 0 radical (unpaired) electrons. The number of benzene rings is 1. The standard InChI is InChI=1S/C16H21BrN2O2S/c17-14-3-1-2-13(10-14)15(20)18-11-16(4-9-22-12-16)19-5-7-21-8-6-19/h1-3,10H,4-9,11-12H2,(H,18,20). The van der Waals surface area contributed by atoms with Crippen molar-refractivity contribution in [1.82, 2.24) is 10.2 Å². The van der Waals surface area contributed by atoms with Crippen molar-refractivity contribution in [2.24, 2.45) is 0 Å². The number of morpholine rings is 1. The van der Waals surface area contributed by atoms with Crippen molar-refractivity contribution in [2.45, 2.75) is 12.0 Å². The quantitative estimate of drug-likeness (QED) is 0.864. The fourth-order valence-corrected chi connectivity index (χ4v) is 4.99. The molecule has 1 aromatic rings. The van der Waals surface area contributed by atoms with Crippen LogP contribution in [0.2, 0.25) is 0 Å². The Labute approximate surface area is 144 Å². The number of hydrogen-bond donors (Lipinski definition) is 1. The first-order valence-electron chi connectivity index (χ1n) is 7.64. The third kappa shape index (κ3) is 3.67. The Kier molecular flexibility index (Phi) is 5.44. The molecule has 2 fully saturated rings. The zero-order valence-electron chi connectivity index (χ0n) is 12.5. The minimum atomic E-state index is 0.00540. The average molecular weight is 385 g/mol. The van der Waals surface area contributed by atoms with Gasteiger partial charge in [-0.3, -0.25) is 9.69 Å². The van der Waals surface area contributed by atoms with E-state index in [1.807, 2.05) is 36.0 Å². The summed E-state index contributed by atoms with van der Waals surface area (Å²) in [4.78, 5) is 14.9. The molecule has 2 saturated heterocycles. The molecular weight excluding hydrogens is 364 g/mol. The maximum absolute atomic E-state index is 12.4. The third-order valence-corrected chi connectivity index (χ3v) is 6.16. The van der Waals surface area contributed by atoms with Gasteiger partial charge in [-0.2, -0.15) is 11.8 Å². The maximum atomic E-state index is 12.4. The summed E-state index contributed by atoms with van der Waals surface area (Å²) in [6.07, 6.45) is 1.14. The Morgan fingerprint density at radius 3 is 2.91 bits per heavy atom. The first-order valence-corrected chi connectivity index (χ1v) is 9.59. The zero-order chi connectivity index (χ0) is 15.4. The number of rotatable bonds is 4. The van der Waals surface area contributed by atoms with Gasteiger partial charge in [0.15, 0.2) is 0 Å². The highest BCUT2D eigenvalue weighted by Crippen LogP contribution is 2.33. The van der Waals surface area contributed by atoms with Gasteiger partial charge in [-0.1, -0.05) is 22.0 Å². The first-order chi connectivity index (χ1) is 10.7. The molecule has 1 aromatic carbocycles. The summed E-state index contributed by atoms with van der Waals surface area (Å²) in [5.74, 6) is 2.27. The van der Waals surface area contributed by atoms with Crippen LogP contribution in [0.1, 0.15) is 16.8 Å². The van der Waals surface area contributed by atoms with Crippen LogP contribution in [0, 0.1) is 0 Å². The molecule has 4 nitrogen and oxygen atoms in total. The summed E-state index contributed by atoms with van der Waals surface area (Å²) in [6, 6.07) is 7.53. The number of carbonyl (C=O) groups is 1. The molecular formula is C16H21BrN2O2S. The molecule has 2 aliphatic heterocycles. The number of hydrogen-bond acceptors (Lipinski definition) is 4. The van der Waals surface area contributed by atoms with Crippen LogP contribution in [0.4, 0.5) is 0 Å². The number of amides is 1. The lowest BCUT2D eigenvalue weighted by atomic mass is 9.95. The SMILES string of the molecule is O=C(NCC1(N2CCOCC2)CCSC1)c1cccc(Br)c1. The van der Waals surface area contributed by atoms with Gasteiger partial charge in [0.1, 0.15) is 0 Å². The molecule has 22 heavy (non-hydrogen) atoms. The zero-order valence-corrected chi connectivity index (χ0v) is 14.9. The lowest BCUT2D eigenvalue weighted by Crippen LogP contribution is -2.59. The average Bonchev–Trinajstić information content (AvgIpc) is 3.04. The van der Waals surface area contributed by atoms with E-state index in [0.717, 1.165) is 42.9 Å². The van der Waals surface area contributed by atoms with Gasteiger partial charge in [0.2, 0.25) is 0 Å². The molecule has 0 bridgehead atoms. The van der Waals surface area contributed by atoms with Crippen molar-refractivity contribution in [3.8, 4) is 0 Å². The van der Waals surface area contributed by atoms with E-state index in [0.29, 0.717) is 12.1 Å². The van der Waals surface area contributed by atoms with Crippen LogP contribution in [-0.2, 0) is 4.74 Å². The monoisotopic (exact) mass is 384 g/mol. The Balaban J connectivity index is 1.65. The number of ether oxygens (including phenoxy) is 1. The van der Waals surface area contributed by atoms with E-state index in [-0.39, 0.29) is 11.4 Å². The molecule has 1 atom stereocenters. The maximum Gasteiger partial charge on any atom is 0.251 e. The van der Waals surface area contributed by atoms with Crippen molar-refractivity contribution in [3.05, 3.63) is 34.3 Å². The summed E-state index contributed by atoms with van der Waals surface area (Å²) in [6.45, 7) is 4.24. The minimum Gasteiger partial charge on any atom is -0.379 e. The third-order valence-electron chi connectivity index (χ3n) is 4.43. The van der Waals surface area contributed by atoms with Gasteiger partial charge in [0.05, 0.1) is 13.2 Å². The topological polar surface area (TPSA) is 41.6 Å². The van der Waals surface area contributed by atoms with Crippen molar-refractivity contribution < 1.29 is 9.53 Å². The summed E-state index contributed by atoms with van der Waals surface area (Å²) >= 11 is 5.40. The Morgan fingerprint density at radius 2 is 2.23 bits per heavy atom. The molecule has 2 aliphatic rings. The van der Waals surface area contributed by atoms with Gasteiger partial charge in [0, 0.05) is 41.0 Å². The van der Waals surface area contributed by atoms with Crippen LogP contribution >= 0.6 is 27.7 Å². The Morgan fingerprint density at radius 1 is 1.41 bits per heavy atom. The van der Waals surface area contributed by atoms with Gasteiger partial charge < -0.3 is 10.1 Å². The second-order valence-electron chi connectivity index (χ2n) is 5.82. The predicted molar refractivity (Wildman–Crippen MR) is 93.5 cm³/mol. The molecule has 1 amide bonds. The number of thioether (sulfide) groups is 1. The molecule has 1 N–H and O–H groups in total. The van der Waals surface area contributed by atoms with Crippen molar-refractivity contribution in [3.63, 3.8) is 0 Å². The summed E-state index contributed by atoms with van der Waals surface area (Å²) in [5.41, 5.74) is 0.799. The summed E-state index contributed by atoms with van der Waals surface area (Å²) in [7, 11) is 0. The number of nitrogens with zero attached hydrogens (tertiary/aromatic N) is 1. The van der Waals surface area contributed by atoms with E-state index in [1.54, 1.807) is 0 Å². The van der Waals surface area contributed by atoms with Gasteiger partial charge >= 0.3 is 0 Å². The molecule has 120 valence electrons. The van der Waals surface area contributed by atoms with Crippen molar-refractivity contribution in [1.29, 1.82) is 0 Å². The van der Waals surface area contributed by atoms with Gasteiger partial charge in [-0.15, -0.1) is 0 Å². The smallest absolute Gasteiger partial charge is 0.251 e. The van der Waals surface area contributed by atoms with Crippen LogP contribution < -0.4 is 5.32 Å². The Bertz CT molecular complexity index is 529. The Hall–Kier alpha value is -0.560. The summed E-state index contributed by atoms with van der Waals surface area (Å²) in [5, 5.41) is 3.15. The van der Waals surface area contributed by atoms with E-state index < -0.39 is 0 Å². The number of halogens is 1. The van der Waals surface area contributed by atoms with E-state index in [2.05, 4.69) is 26.1 Å².